The number of rotatable bonds is 6. The summed E-state index contributed by atoms with van der Waals surface area (Å²) in [4.78, 5) is 12.5. The molecule has 0 aliphatic rings. The van der Waals surface area contributed by atoms with Crippen LogP contribution in [-0.4, -0.2) is 25.0 Å². The molecule has 29 heavy (non-hydrogen) atoms. The van der Waals surface area contributed by atoms with Crippen LogP contribution >= 0.6 is 35.0 Å². The number of halogens is 6. The SMILES string of the molecule is CCOC(=O)c1ccc(C=CC(c2cc(Cl)c(F)c(Cl)c2)C(F)(F)F)cc1SC. The van der Waals surface area contributed by atoms with Crippen LogP contribution in [0.25, 0.3) is 6.08 Å². The Morgan fingerprint density at radius 3 is 2.34 bits per heavy atom. The molecule has 0 radical (unpaired) electrons. The van der Waals surface area contributed by atoms with E-state index in [9.17, 15) is 22.4 Å². The molecule has 0 heterocycles. The quantitative estimate of drug-likeness (QED) is 0.192. The minimum atomic E-state index is -4.64. The highest BCUT2D eigenvalue weighted by atomic mass is 35.5. The lowest BCUT2D eigenvalue weighted by Gasteiger charge is -2.18. The van der Waals surface area contributed by atoms with Gasteiger partial charge in [0.1, 0.15) is 0 Å². The van der Waals surface area contributed by atoms with Gasteiger partial charge in [0.05, 0.1) is 28.1 Å². The summed E-state index contributed by atoms with van der Waals surface area (Å²) in [6.45, 7) is 1.89. The zero-order valence-corrected chi connectivity index (χ0v) is 17.6. The second-order valence-corrected chi connectivity index (χ2v) is 7.52. The first-order valence-electron chi connectivity index (χ1n) is 8.33. The fraction of sp³-hybridized carbons (Fsp3) is 0.250. The van der Waals surface area contributed by atoms with Gasteiger partial charge in [-0.1, -0.05) is 41.4 Å². The molecular formula is C20H16Cl2F4O2S. The average Bonchev–Trinajstić information content (AvgIpc) is 2.65. The summed E-state index contributed by atoms with van der Waals surface area (Å²) >= 11 is 12.6. The van der Waals surface area contributed by atoms with Crippen molar-refractivity contribution in [1.82, 2.24) is 0 Å². The van der Waals surface area contributed by atoms with E-state index in [1.54, 1.807) is 19.2 Å². The largest absolute Gasteiger partial charge is 0.462 e. The first kappa shape index (κ1) is 23.6. The van der Waals surface area contributed by atoms with Gasteiger partial charge >= 0.3 is 12.1 Å². The fourth-order valence-corrected chi connectivity index (χ4v) is 3.69. The van der Waals surface area contributed by atoms with E-state index in [-0.39, 0.29) is 12.2 Å². The third-order valence-electron chi connectivity index (χ3n) is 3.92. The number of benzene rings is 2. The van der Waals surface area contributed by atoms with Crippen LogP contribution in [0, 0.1) is 5.82 Å². The molecular weight excluding hydrogens is 451 g/mol. The van der Waals surface area contributed by atoms with Gasteiger partial charge in [-0.05, 0) is 48.6 Å². The monoisotopic (exact) mass is 466 g/mol. The summed E-state index contributed by atoms with van der Waals surface area (Å²) in [6.07, 6.45) is -0.692. The Morgan fingerprint density at radius 1 is 1.21 bits per heavy atom. The second kappa shape index (κ2) is 9.87. The second-order valence-electron chi connectivity index (χ2n) is 5.86. The van der Waals surface area contributed by atoms with E-state index < -0.39 is 33.9 Å². The summed E-state index contributed by atoms with van der Waals surface area (Å²) < 4.78 is 59.3. The number of hydrogen-bond acceptors (Lipinski definition) is 3. The van der Waals surface area contributed by atoms with Gasteiger partial charge in [-0.3, -0.25) is 0 Å². The zero-order chi connectivity index (χ0) is 21.8. The van der Waals surface area contributed by atoms with E-state index in [1.165, 1.54) is 30.0 Å². The van der Waals surface area contributed by atoms with Gasteiger partial charge in [-0.25, -0.2) is 9.18 Å². The first-order chi connectivity index (χ1) is 13.6. The number of carbonyl (C=O) groups is 1. The molecule has 2 aromatic carbocycles. The summed E-state index contributed by atoms with van der Waals surface area (Å²) in [7, 11) is 0. The van der Waals surface area contributed by atoms with Crippen molar-refractivity contribution in [2.75, 3.05) is 12.9 Å². The van der Waals surface area contributed by atoms with Crippen molar-refractivity contribution in [1.29, 1.82) is 0 Å². The lowest BCUT2D eigenvalue weighted by Crippen LogP contribution is -2.19. The smallest absolute Gasteiger partial charge is 0.399 e. The normalized spacial score (nSPS) is 13.0. The van der Waals surface area contributed by atoms with Crippen LogP contribution in [0.15, 0.2) is 41.3 Å². The van der Waals surface area contributed by atoms with E-state index in [4.69, 9.17) is 27.9 Å². The van der Waals surface area contributed by atoms with Gasteiger partial charge in [0.25, 0.3) is 0 Å². The molecule has 0 fully saturated rings. The van der Waals surface area contributed by atoms with Crippen molar-refractivity contribution >= 4 is 47.0 Å². The van der Waals surface area contributed by atoms with Crippen molar-refractivity contribution in [3.63, 3.8) is 0 Å². The summed E-state index contributed by atoms with van der Waals surface area (Å²) in [5.74, 6) is -3.52. The Bertz CT molecular complexity index is 906. The van der Waals surface area contributed by atoms with Crippen LogP contribution in [0.5, 0.6) is 0 Å². The molecule has 0 aromatic heterocycles. The number of allylic oxidation sites excluding steroid dienone is 1. The van der Waals surface area contributed by atoms with Gasteiger partial charge in [-0.2, -0.15) is 13.2 Å². The zero-order valence-electron chi connectivity index (χ0n) is 15.3. The topological polar surface area (TPSA) is 26.3 Å². The first-order valence-corrected chi connectivity index (χ1v) is 10.3. The van der Waals surface area contributed by atoms with Crippen LogP contribution in [0.1, 0.15) is 34.3 Å². The van der Waals surface area contributed by atoms with Gasteiger partial charge in [0, 0.05) is 4.90 Å². The molecule has 0 aliphatic heterocycles. The lowest BCUT2D eigenvalue weighted by atomic mass is 9.97. The van der Waals surface area contributed by atoms with Gasteiger partial charge in [0.15, 0.2) is 5.82 Å². The van der Waals surface area contributed by atoms with Gasteiger partial charge < -0.3 is 4.74 Å². The molecule has 2 rings (SSSR count). The highest BCUT2D eigenvalue weighted by Crippen LogP contribution is 2.39. The third-order valence-corrected chi connectivity index (χ3v) is 5.25. The molecule has 156 valence electrons. The molecule has 2 nitrogen and oxygen atoms in total. The highest BCUT2D eigenvalue weighted by Gasteiger charge is 2.39. The van der Waals surface area contributed by atoms with Gasteiger partial charge in [0.2, 0.25) is 0 Å². The number of carbonyl (C=O) groups excluding carboxylic acids is 1. The van der Waals surface area contributed by atoms with Crippen molar-refractivity contribution in [3.8, 4) is 0 Å². The van der Waals surface area contributed by atoms with Crippen LogP contribution in [0.3, 0.4) is 0 Å². The number of thioether (sulfide) groups is 1. The number of ether oxygens (including phenoxy) is 1. The van der Waals surface area contributed by atoms with Crippen molar-refractivity contribution in [2.24, 2.45) is 0 Å². The van der Waals surface area contributed by atoms with Crippen LogP contribution in [0.2, 0.25) is 10.0 Å². The summed E-state index contributed by atoms with van der Waals surface area (Å²) in [5, 5.41) is -0.975. The number of esters is 1. The molecule has 0 saturated heterocycles. The standard InChI is InChI=1S/C20H16Cl2F4O2S/c1-3-28-19(27)13-6-4-11(8-17(13)29-2)5-7-14(20(24,25)26)12-9-15(21)18(23)16(22)10-12/h4-10,14H,3H2,1-2H3. The van der Waals surface area contributed by atoms with E-state index in [0.29, 0.717) is 16.0 Å². The molecule has 0 spiro atoms. The fourth-order valence-electron chi connectivity index (χ4n) is 2.56. The van der Waals surface area contributed by atoms with E-state index in [2.05, 4.69) is 0 Å². The Balaban J connectivity index is 2.41. The Hall–Kier alpha value is -1.70. The molecule has 9 heteroatoms. The predicted octanol–water partition coefficient (Wildman–Crippen LogP) is 7.39. The van der Waals surface area contributed by atoms with Crippen LogP contribution in [-0.2, 0) is 4.74 Å². The number of hydrogen-bond donors (Lipinski definition) is 0. The molecule has 1 atom stereocenters. The van der Waals surface area contributed by atoms with Gasteiger partial charge in [-0.15, -0.1) is 11.8 Å². The highest BCUT2D eigenvalue weighted by molar-refractivity contribution is 7.98. The third kappa shape index (κ3) is 5.90. The van der Waals surface area contributed by atoms with E-state index in [1.807, 2.05) is 0 Å². The molecule has 0 aliphatic carbocycles. The van der Waals surface area contributed by atoms with Crippen molar-refractivity contribution in [3.05, 3.63) is 69.0 Å². The average molecular weight is 467 g/mol. The predicted molar refractivity (Wildman–Crippen MR) is 108 cm³/mol. The molecule has 2 aromatic rings. The minimum absolute atomic E-state index is 0.213. The summed E-state index contributed by atoms with van der Waals surface area (Å²) in [6, 6.07) is 6.41. The molecule has 0 amide bonds. The maximum Gasteiger partial charge on any atom is 0.399 e. The Kier molecular flexibility index (Phi) is 8.02. The minimum Gasteiger partial charge on any atom is -0.462 e. The Morgan fingerprint density at radius 2 is 1.83 bits per heavy atom. The summed E-state index contributed by atoms with van der Waals surface area (Å²) in [5.41, 5.74) is 0.510. The van der Waals surface area contributed by atoms with Crippen molar-refractivity contribution < 1.29 is 27.1 Å². The molecule has 0 N–H and O–H groups in total. The number of alkyl halides is 3. The van der Waals surface area contributed by atoms with E-state index >= 15 is 0 Å². The van der Waals surface area contributed by atoms with Crippen LogP contribution < -0.4 is 0 Å². The molecule has 0 saturated carbocycles. The van der Waals surface area contributed by atoms with Crippen LogP contribution in [0.4, 0.5) is 17.6 Å². The maximum absolute atomic E-state index is 13.6. The lowest BCUT2D eigenvalue weighted by molar-refractivity contribution is -0.139. The van der Waals surface area contributed by atoms with E-state index in [0.717, 1.165) is 18.2 Å². The molecule has 0 bridgehead atoms. The maximum atomic E-state index is 13.6. The molecule has 1 unspecified atom stereocenters. The Labute approximate surface area is 179 Å². The van der Waals surface area contributed by atoms with Crippen molar-refractivity contribution in [2.45, 2.75) is 23.9 Å².